The number of para-hydroxylation sites is 1. The number of benzene rings is 4. The monoisotopic (exact) mass is 408 g/mol. The fourth-order valence-electron chi connectivity index (χ4n) is 3.82. The molecular formula is C25H16N2O2S. The van der Waals surface area contributed by atoms with Crippen LogP contribution < -0.4 is 10.2 Å². The maximum absolute atomic E-state index is 13.3. The van der Waals surface area contributed by atoms with Crippen LogP contribution in [0, 0.1) is 0 Å². The number of fused-ring (bicyclic) bond motifs is 2. The summed E-state index contributed by atoms with van der Waals surface area (Å²) in [6, 6.07) is 27.1. The smallest absolute Gasteiger partial charge is 0.270 e. The van der Waals surface area contributed by atoms with Crippen molar-refractivity contribution in [3.63, 3.8) is 0 Å². The minimum Gasteiger partial charge on any atom is -0.298 e. The summed E-state index contributed by atoms with van der Waals surface area (Å²) in [5.74, 6) is -0.929. The lowest BCUT2D eigenvalue weighted by atomic mass is 9.94. The van der Waals surface area contributed by atoms with Crippen molar-refractivity contribution in [3.8, 4) is 0 Å². The first kappa shape index (κ1) is 18.2. The first-order valence-electron chi connectivity index (χ1n) is 9.50. The van der Waals surface area contributed by atoms with Crippen LogP contribution in [-0.4, -0.2) is 16.9 Å². The Morgan fingerprint density at radius 2 is 1.33 bits per heavy atom. The van der Waals surface area contributed by atoms with Gasteiger partial charge < -0.3 is 0 Å². The number of anilines is 1. The molecule has 1 N–H and O–H groups in total. The van der Waals surface area contributed by atoms with Crippen molar-refractivity contribution in [2.75, 3.05) is 4.90 Å². The Bertz CT molecular complexity index is 1320. The number of nitrogens with zero attached hydrogens (tertiary/aromatic N) is 1. The lowest BCUT2D eigenvalue weighted by Gasteiger charge is -2.29. The van der Waals surface area contributed by atoms with E-state index in [1.165, 1.54) is 4.90 Å². The van der Waals surface area contributed by atoms with E-state index in [2.05, 4.69) is 11.4 Å². The summed E-state index contributed by atoms with van der Waals surface area (Å²) in [5.41, 5.74) is 1.50. The normalized spacial score (nSPS) is 15.8. The summed E-state index contributed by atoms with van der Waals surface area (Å²) >= 11 is 5.28. The zero-order valence-corrected chi connectivity index (χ0v) is 16.6. The molecule has 1 aliphatic rings. The molecule has 0 saturated carbocycles. The van der Waals surface area contributed by atoms with E-state index in [4.69, 9.17) is 12.2 Å². The highest BCUT2D eigenvalue weighted by atomic mass is 32.1. The lowest BCUT2D eigenvalue weighted by molar-refractivity contribution is -0.122. The van der Waals surface area contributed by atoms with Crippen molar-refractivity contribution >= 4 is 62.5 Å². The van der Waals surface area contributed by atoms with Crippen molar-refractivity contribution in [3.05, 3.63) is 96.1 Å². The predicted molar refractivity (Wildman–Crippen MR) is 124 cm³/mol. The predicted octanol–water partition coefficient (Wildman–Crippen LogP) is 4.82. The van der Waals surface area contributed by atoms with Crippen LogP contribution >= 0.6 is 12.2 Å². The van der Waals surface area contributed by atoms with Gasteiger partial charge in [0.1, 0.15) is 5.57 Å². The zero-order valence-electron chi connectivity index (χ0n) is 15.8. The van der Waals surface area contributed by atoms with E-state index in [-0.39, 0.29) is 10.7 Å². The second-order valence-corrected chi connectivity index (χ2v) is 7.41. The van der Waals surface area contributed by atoms with E-state index in [1.54, 1.807) is 18.2 Å². The van der Waals surface area contributed by atoms with Gasteiger partial charge in [-0.15, -0.1) is 0 Å². The van der Waals surface area contributed by atoms with Gasteiger partial charge in [-0.2, -0.15) is 0 Å². The average Bonchev–Trinajstić information content (AvgIpc) is 2.76. The molecule has 4 nitrogen and oxygen atoms in total. The second kappa shape index (κ2) is 7.21. The van der Waals surface area contributed by atoms with Crippen molar-refractivity contribution in [2.24, 2.45) is 0 Å². The second-order valence-electron chi connectivity index (χ2n) is 7.03. The van der Waals surface area contributed by atoms with Gasteiger partial charge in [0.15, 0.2) is 5.11 Å². The molecule has 30 heavy (non-hydrogen) atoms. The number of hydrogen-bond donors (Lipinski definition) is 1. The third-order valence-electron chi connectivity index (χ3n) is 5.22. The van der Waals surface area contributed by atoms with Crippen LogP contribution in [0.15, 0.2) is 90.5 Å². The molecule has 144 valence electrons. The Morgan fingerprint density at radius 1 is 0.767 bits per heavy atom. The van der Waals surface area contributed by atoms with Gasteiger partial charge in [0, 0.05) is 0 Å². The molecular weight excluding hydrogens is 392 g/mol. The van der Waals surface area contributed by atoms with E-state index in [9.17, 15) is 9.59 Å². The fourth-order valence-corrected chi connectivity index (χ4v) is 4.10. The molecule has 4 aromatic carbocycles. The van der Waals surface area contributed by atoms with Crippen LogP contribution in [0.4, 0.5) is 5.69 Å². The number of thiocarbonyl (C=S) groups is 1. The Labute approximate surface area is 178 Å². The molecule has 4 aromatic rings. The van der Waals surface area contributed by atoms with Gasteiger partial charge in [-0.1, -0.05) is 66.7 Å². The van der Waals surface area contributed by atoms with Gasteiger partial charge in [-0.3, -0.25) is 19.8 Å². The summed E-state index contributed by atoms with van der Waals surface area (Å²) in [6.45, 7) is 0. The maximum Gasteiger partial charge on any atom is 0.270 e. The molecule has 0 spiro atoms. The van der Waals surface area contributed by atoms with Crippen LogP contribution in [0.2, 0.25) is 0 Å². The number of carbonyl (C=O) groups excluding carboxylic acids is 2. The zero-order chi connectivity index (χ0) is 20.7. The van der Waals surface area contributed by atoms with Gasteiger partial charge in [-0.25, -0.2) is 0 Å². The van der Waals surface area contributed by atoms with Crippen LogP contribution in [-0.2, 0) is 9.59 Å². The summed E-state index contributed by atoms with van der Waals surface area (Å²) in [4.78, 5) is 27.4. The van der Waals surface area contributed by atoms with Gasteiger partial charge in [0.25, 0.3) is 11.8 Å². The summed E-state index contributed by atoms with van der Waals surface area (Å²) in [5, 5.41) is 6.77. The molecule has 5 rings (SSSR count). The molecule has 5 heteroatoms. The van der Waals surface area contributed by atoms with Crippen molar-refractivity contribution in [1.29, 1.82) is 0 Å². The van der Waals surface area contributed by atoms with E-state index >= 15 is 0 Å². The van der Waals surface area contributed by atoms with Crippen molar-refractivity contribution < 1.29 is 9.59 Å². The maximum atomic E-state index is 13.3. The number of rotatable bonds is 2. The van der Waals surface area contributed by atoms with Gasteiger partial charge >= 0.3 is 0 Å². The van der Waals surface area contributed by atoms with Crippen molar-refractivity contribution in [2.45, 2.75) is 0 Å². The van der Waals surface area contributed by atoms with E-state index < -0.39 is 11.8 Å². The van der Waals surface area contributed by atoms with Gasteiger partial charge in [-0.05, 0) is 63.6 Å². The number of nitrogens with one attached hydrogen (secondary N) is 1. The topological polar surface area (TPSA) is 49.4 Å². The summed E-state index contributed by atoms with van der Waals surface area (Å²) < 4.78 is 0. The molecule has 0 bridgehead atoms. The van der Waals surface area contributed by atoms with E-state index in [0.717, 1.165) is 27.1 Å². The van der Waals surface area contributed by atoms with E-state index in [0.29, 0.717) is 5.69 Å². The standard InChI is InChI=1S/C25H16N2O2S/c28-23-22(24(29)27(25(30)26-23)18-10-2-1-3-11-18)15-21-19-12-6-4-8-16(19)14-17-9-5-7-13-20(17)21/h1-15H,(H,26,28,30)/b22-15-. The highest BCUT2D eigenvalue weighted by Gasteiger charge is 2.34. The Morgan fingerprint density at radius 3 is 1.97 bits per heavy atom. The quantitative estimate of drug-likeness (QED) is 0.224. The molecule has 0 aromatic heterocycles. The van der Waals surface area contributed by atoms with Crippen molar-refractivity contribution in [1.82, 2.24) is 5.32 Å². The average molecular weight is 408 g/mol. The van der Waals surface area contributed by atoms with Crippen LogP contribution in [0.25, 0.3) is 27.6 Å². The molecule has 1 saturated heterocycles. The molecule has 1 heterocycles. The molecule has 0 unspecified atom stereocenters. The minimum absolute atomic E-state index is 0.0500. The molecule has 1 aliphatic heterocycles. The first-order valence-corrected chi connectivity index (χ1v) is 9.91. The Kier molecular flexibility index (Phi) is 4.38. The highest BCUT2D eigenvalue weighted by molar-refractivity contribution is 7.80. The van der Waals surface area contributed by atoms with Crippen LogP contribution in [0.3, 0.4) is 0 Å². The SMILES string of the molecule is O=C1NC(=S)N(c2ccccc2)C(=O)/C1=C\c1c2ccccc2cc2ccccc12. The highest BCUT2D eigenvalue weighted by Crippen LogP contribution is 2.31. The van der Waals surface area contributed by atoms with Gasteiger partial charge in [0.05, 0.1) is 5.69 Å². The lowest BCUT2D eigenvalue weighted by Crippen LogP contribution is -2.54. The minimum atomic E-state index is -0.491. The fraction of sp³-hybridized carbons (Fsp3) is 0. The van der Waals surface area contributed by atoms with Crippen LogP contribution in [0.1, 0.15) is 5.56 Å². The third-order valence-corrected chi connectivity index (χ3v) is 5.50. The summed E-state index contributed by atoms with van der Waals surface area (Å²) in [7, 11) is 0. The van der Waals surface area contributed by atoms with E-state index in [1.807, 2.05) is 66.7 Å². The third kappa shape index (κ3) is 2.96. The van der Waals surface area contributed by atoms with Crippen LogP contribution in [0.5, 0.6) is 0 Å². The Balaban J connectivity index is 1.74. The first-order chi connectivity index (χ1) is 14.6. The Hall–Kier alpha value is -3.83. The summed E-state index contributed by atoms with van der Waals surface area (Å²) in [6.07, 6.45) is 1.68. The number of hydrogen-bond acceptors (Lipinski definition) is 3. The molecule has 0 radical (unpaired) electrons. The molecule has 2 amide bonds. The molecule has 0 atom stereocenters. The largest absolute Gasteiger partial charge is 0.298 e. The number of carbonyl (C=O) groups is 2. The molecule has 0 aliphatic carbocycles. The van der Waals surface area contributed by atoms with Gasteiger partial charge in [0.2, 0.25) is 0 Å². The molecule has 1 fully saturated rings. The number of amides is 2.